The number of benzene rings is 1. The van der Waals surface area contributed by atoms with E-state index in [9.17, 15) is 9.90 Å². The Bertz CT molecular complexity index is 379. The zero-order chi connectivity index (χ0) is 12.9. The first-order valence-electron chi connectivity index (χ1n) is 5.44. The van der Waals surface area contributed by atoms with Gasteiger partial charge in [-0.05, 0) is 32.0 Å². The summed E-state index contributed by atoms with van der Waals surface area (Å²) >= 11 is 0. The van der Waals surface area contributed by atoms with Gasteiger partial charge in [0.1, 0.15) is 6.29 Å². The molecule has 0 aliphatic carbocycles. The van der Waals surface area contributed by atoms with E-state index in [2.05, 4.69) is 0 Å². The monoisotopic (exact) mass is 238 g/mol. The summed E-state index contributed by atoms with van der Waals surface area (Å²) in [5.41, 5.74) is -0.215. The van der Waals surface area contributed by atoms with Crippen LogP contribution in [0.3, 0.4) is 0 Å². The first-order valence-corrected chi connectivity index (χ1v) is 5.44. The highest BCUT2D eigenvalue weighted by molar-refractivity contribution is 5.76. The van der Waals surface area contributed by atoms with Crippen LogP contribution in [0.4, 0.5) is 0 Å². The number of aliphatic hydroxyl groups is 1. The normalized spacial score (nSPS) is 11.1. The maximum atomic E-state index is 10.6. The third-order valence-corrected chi connectivity index (χ3v) is 2.30. The molecule has 0 saturated heterocycles. The molecule has 0 spiro atoms. The molecule has 17 heavy (non-hydrogen) atoms. The van der Waals surface area contributed by atoms with Crippen LogP contribution in [-0.4, -0.2) is 30.7 Å². The van der Waals surface area contributed by atoms with E-state index in [1.807, 2.05) is 0 Å². The third-order valence-electron chi connectivity index (χ3n) is 2.30. The molecule has 0 aliphatic heterocycles. The molecule has 0 heterocycles. The molecule has 1 N–H and O–H groups in total. The van der Waals surface area contributed by atoms with Crippen molar-refractivity contribution in [3.05, 3.63) is 23.8 Å². The molecule has 0 atom stereocenters. The van der Waals surface area contributed by atoms with Crippen molar-refractivity contribution in [1.82, 2.24) is 0 Å². The van der Waals surface area contributed by atoms with Crippen molar-refractivity contribution < 1.29 is 19.4 Å². The summed E-state index contributed by atoms with van der Waals surface area (Å²) in [7, 11) is 1.52. The van der Waals surface area contributed by atoms with Crippen molar-refractivity contribution in [2.75, 3.05) is 13.7 Å². The van der Waals surface area contributed by atoms with Gasteiger partial charge in [0.2, 0.25) is 0 Å². The van der Waals surface area contributed by atoms with Gasteiger partial charge in [-0.15, -0.1) is 0 Å². The highest BCUT2D eigenvalue weighted by Gasteiger charge is 2.13. The summed E-state index contributed by atoms with van der Waals surface area (Å²) in [6.07, 6.45) is 1.27. The average Bonchev–Trinajstić information content (AvgIpc) is 2.27. The van der Waals surface area contributed by atoms with Crippen LogP contribution in [0.25, 0.3) is 0 Å². The lowest BCUT2D eigenvalue weighted by Gasteiger charge is -2.18. The Labute approximate surface area is 101 Å². The standard InChI is InChI=1S/C13H18O4/c1-13(2,15)6-7-17-11-5-4-10(9-14)8-12(11)16-3/h4-5,8-9,15H,6-7H2,1-3H3. The predicted octanol–water partition coefficient (Wildman–Crippen LogP) is 2.05. The summed E-state index contributed by atoms with van der Waals surface area (Å²) in [4.78, 5) is 10.6. The topological polar surface area (TPSA) is 55.8 Å². The summed E-state index contributed by atoms with van der Waals surface area (Å²) in [5.74, 6) is 1.09. The zero-order valence-electron chi connectivity index (χ0n) is 10.4. The number of hydrogen-bond donors (Lipinski definition) is 1. The van der Waals surface area contributed by atoms with Crippen molar-refractivity contribution in [2.24, 2.45) is 0 Å². The molecule has 0 unspecified atom stereocenters. The highest BCUT2D eigenvalue weighted by atomic mass is 16.5. The molecule has 0 saturated carbocycles. The molecule has 1 aromatic carbocycles. The van der Waals surface area contributed by atoms with Gasteiger partial charge in [-0.25, -0.2) is 0 Å². The molecular weight excluding hydrogens is 220 g/mol. The Morgan fingerprint density at radius 3 is 2.59 bits per heavy atom. The van der Waals surface area contributed by atoms with Crippen molar-refractivity contribution in [1.29, 1.82) is 0 Å². The number of methoxy groups -OCH3 is 1. The van der Waals surface area contributed by atoms with Crippen LogP contribution in [0.1, 0.15) is 30.6 Å². The summed E-state index contributed by atoms with van der Waals surface area (Å²) in [6, 6.07) is 4.97. The van der Waals surface area contributed by atoms with Gasteiger partial charge in [-0.1, -0.05) is 0 Å². The second-order valence-corrected chi connectivity index (χ2v) is 4.44. The van der Waals surface area contributed by atoms with Gasteiger partial charge in [-0.3, -0.25) is 4.79 Å². The molecule has 4 heteroatoms. The molecule has 0 aromatic heterocycles. The van der Waals surface area contributed by atoms with E-state index in [0.717, 1.165) is 6.29 Å². The van der Waals surface area contributed by atoms with Crippen LogP contribution >= 0.6 is 0 Å². The number of aldehydes is 1. The van der Waals surface area contributed by atoms with E-state index in [4.69, 9.17) is 9.47 Å². The fourth-order valence-corrected chi connectivity index (χ4v) is 1.29. The van der Waals surface area contributed by atoms with E-state index in [1.54, 1.807) is 32.0 Å². The maximum absolute atomic E-state index is 10.6. The van der Waals surface area contributed by atoms with Crippen molar-refractivity contribution in [2.45, 2.75) is 25.9 Å². The van der Waals surface area contributed by atoms with Gasteiger partial charge in [0.25, 0.3) is 0 Å². The summed E-state index contributed by atoms with van der Waals surface area (Å²) in [5, 5.41) is 9.55. The van der Waals surface area contributed by atoms with E-state index in [0.29, 0.717) is 30.1 Å². The fourth-order valence-electron chi connectivity index (χ4n) is 1.29. The van der Waals surface area contributed by atoms with Crippen LogP contribution < -0.4 is 9.47 Å². The van der Waals surface area contributed by atoms with Gasteiger partial charge < -0.3 is 14.6 Å². The lowest BCUT2D eigenvalue weighted by molar-refractivity contribution is 0.0549. The molecule has 0 amide bonds. The van der Waals surface area contributed by atoms with E-state index in [1.165, 1.54) is 7.11 Å². The first-order chi connectivity index (χ1) is 7.96. The van der Waals surface area contributed by atoms with Crippen LogP contribution in [0.5, 0.6) is 11.5 Å². The number of hydrogen-bond acceptors (Lipinski definition) is 4. The molecule has 1 rings (SSSR count). The van der Waals surface area contributed by atoms with Gasteiger partial charge >= 0.3 is 0 Å². The third kappa shape index (κ3) is 4.44. The molecule has 1 aromatic rings. The SMILES string of the molecule is COc1cc(C=O)ccc1OCCC(C)(C)O. The Balaban J connectivity index is 2.67. The largest absolute Gasteiger partial charge is 0.493 e. The van der Waals surface area contributed by atoms with E-state index >= 15 is 0 Å². The minimum Gasteiger partial charge on any atom is -0.493 e. The van der Waals surface area contributed by atoms with E-state index in [-0.39, 0.29) is 0 Å². The number of carbonyl (C=O) groups is 1. The van der Waals surface area contributed by atoms with Crippen LogP contribution in [0, 0.1) is 0 Å². The van der Waals surface area contributed by atoms with E-state index < -0.39 is 5.60 Å². The Morgan fingerprint density at radius 1 is 1.35 bits per heavy atom. The average molecular weight is 238 g/mol. The maximum Gasteiger partial charge on any atom is 0.161 e. The fraction of sp³-hybridized carbons (Fsp3) is 0.462. The van der Waals surface area contributed by atoms with Gasteiger partial charge in [0, 0.05) is 12.0 Å². The van der Waals surface area contributed by atoms with Crippen molar-refractivity contribution >= 4 is 6.29 Å². The lowest BCUT2D eigenvalue weighted by Crippen LogP contribution is -2.21. The quantitative estimate of drug-likeness (QED) is 0.771. The summed E-state index contributed by atoms with van der Waals surface area (Å²) < 4.78 is 10.6. The minimum atomic E-state index is -0.754. The smallest absolute Gasteiger partial charge is 0.161 e. The molecular formula is C13H18O4. The van der Waals surface area contributed by atoms with Crippen molar-refractivity contribution in [3.63, 3.8) is 0 Å². The number of carbonyl (C=O) groups excluding carboxylic acids is 1. The van der Waals surface area contributed by atoms with Crippen LogP contribution in [0.2, 0.25) is 0 Å². The highest BCUT2D eigenvalue weighted by Crippen LogP contribution is 2.28. The second kappa shape index (κ2) is 5.68. The number of rotatable bonds is 6. The molecule has 0 aliphatic rings. The zero-order valence-corrected chi connectivity index (χ0v) is 10.4. The Morgan fingerprint density at radius 2 is 2.06 bits per heavy atom. The molecule has 4 nitrogen and oxygen atoms in total. The van der Waals surface area contributed by atoms with Gasteiger partial charge in [0.05, 0.1) is 19.3 Å². The predicted molar refractivity (Wildman–Crippen MR) is 64.8 cm³/mol. The molecule has 0 radical (unpaired) electrons. The molecule has 94 valence electrons. The van der Waals surface area contributed by atoms with Gasteiger partial charge in [-0.2, -0.15) is 0 Å². The lowest BCUT2D eigenvalue weighted by atomic mass is 10.1. The minimum absolute atomic E-state index is 0.389. The van der Waals surface area contributed by atoms with Crippen molar-refractivity contribution in [3.8, 4) is 11.5 Å². The number of ether oxygens (including phenoxy) is 2. The summed E-state index contributed by atoms with van der Waals surface area (Å²) in [6.45, 7) is 3.84. The van der Waals surface area contributed by atoms with Crippen LogP contribution in [-0.2, 0) is 0 Å². The Kier molecular flexibility index (Phi) is 4.52. The first kappa shape index (κ1) is 13.5. The van der Waals surface area contributed by atoms with Crippen LogP contribution in [0.15, 0.2) is 18.2 Å². The Hall–Kier alpha value is -1.55. The second-order valence-electron chi connectivity index (χ2n) is 4.44. The molecule has 0 fully saturated rings. The van der Waals surface area contributed by atoms with Gasteiger partial charge in [0.15, 0.2) is 11.5 Å². The molecule has 0 bridgehead atoms.